The molecule has 2 aliphatic rings. The zero-order chi connectivity index (χ0) is 16.2. The van der Waals surface area contributed by atoms with Gasteiger partial charge in [-0.25, -0.2) is 9.97 Å². The average Bonchev–Trinajstić information content (AvgIpc) is 3.25. The van der Waals surface area contributed by atoms with Crippen LogP contribution in [0, 0.1) is 5.92 Å². The normalized spacial score (nSPS) is 22.2. The zero-order valence-corrected chi connectivity index (χ0v) is 14.1. The van der Waals surface area contributed by atoms with E-state index in [4.69, 9.17) is 0 Å². The van der Waals surface area contributed by atoms with Gasteiger partial charge in [-0.05, 0) is 37.3 Å². The summed E-state index contributed by atoms with van der Waals surface area (Å²) in [4.78, 5) is 11.2. The van der Waals surface area contributed by atoms with E-state index in [1.165, 1.54) is 37.9 Å². The third-order valence-electron chi connectivity index (χ3n) is 5.34. The van der Waals surface area contributed by atoms with Crippen molar-refractivity contribution in [3.63, 3.8) is 0 Å². The van der Waals surface area contributed by atoms with E-state index in [1.807, 2.05) is 12.3 Å². The highest BCUT2D eigenvalue weighted by atomic mass is 15.3. The van der Waals surface area contributed by atoms with Crippen LogP contribution in [0.2, 0.25) is 0 Å². The number of rotatable bonds is 5. The molecule has 1 unspecified atom stereocenters. The lowest BCUT2D eigenvalue weighted by Crippen LogP contribution is -2.36. The van der Waals surface area contributed by atoms with Gasteiger partial charge in [-0.3, -0.25) is 9.58 Å². The fourth-order valence-electron chi connectivity index (χ4n) is 4.07. The molecule has 1 N–H and O–H groups in total. The Bertz CT molecular complexity index is 634. The summed E-state index contributed by atoms with van der Waals surface area (Å²) < 4.78 is 2.21. The summed E-state index contributed by atoms with van der Waals surface area (Å²) in [5.74, 6) is 1.33. The van der Waals surface area contributed by atoms with Gasteiger partial charge in [0.25, 0.3) is 0 Å². The first-order valence-corrected chi connectivity index (χ1v) is 9.14. The van der Waals surface area contributed by atoms with Crippen molar-refractivity contribution in [3.8, 4) is 0 Å². The molecule has 0 radical (unpaired) electrons. The molecule has 0 amide bonds. The molecule has 0 bridgehead atoms. The average molecular weight is 326 g/mol. The molecule has 1 aliphatic heterocycles. The molecule has 2 aromatic heterocycles. The van der Waals surface area contributed by atoms with Crippen molar-refractivity contribution in [1.29, 1.82) is 0 Å². The van der Waals surface area contributed by atoms with Crippen molar-refractivity contribution in [2.45, 2.75) is 51.2 Å². The van der Waals surface area contributed by atoms with Crippen LogP contribution >= 0.6 is 0 Å². The van der Waals surface area contributed by atoms with Crippen LogP contribution < -0.4 is 5.32 Å². The molecule has 128 valence electrons. The molecule has 4 rings (SSSR count). The first kappa shape index (κ1) is 15.6. The summed E-state index contributed by atoms with van der Waals surface area (Å²) in [5, 5.41) is 7.88. The van der Waals surface area contributed by atoms with Gasteiger partial charge in [-0.2, -0.15) is 5.10 Å². The maximum Gasteiger partial charge on any atom is 0.222 e. The van der Waals surface area contributed by atoms with E-state index in [2.05, 4.69) is 36.0 Å². The molecule has 1 atom stereocenters. The molecule has 1 aliphatic carbocycles. The van der Waals surface area contributed by atoms with Crippen molar-refractivity contribution in [3.05, 3.63) is 36.4 Å². The SMILES string of the molecule is c1cnc(NCCC2CN(C3CCCC3)Cc3ccnn3C2)nc1. The van der Waals surface area contributed by atoms with E-state index >= 15 is 0 Å². The maximum atomic E-state index is 4.54. The lowest BCUT2D eigenvalue weighted by atomic mass is 10.0. The zero-order valence-electron chi connectivity index (χ0n) is 14.1. The van der Waals surface area contributed by atoms with E-state index in [0.717, 1.165) is 38.0 Å². The van der Waals surface area contributed by atoms with Gasteiger partial charge in [0.2, 0.25) is 5.95 Å². The highest BCUT2D eigenvalue weighted by Gasteiger charge is 2.28. The quantitative estimate of drug-likeness (QED) is 0.915. The highest BCUT2D eigenvalue weighted by Crippen LogP contribution is 2.28. The molecule has 0 spiro atoms. The Morgan fingerprint density at radius 1 is 1.08 bits per heavy atom. The van der Waals surface area contributed by atoms with Crippen molar-refractivity contribution in [1.82, 2.24) is 24.6 Å². The standard InChI is InChI=1S/C18H26N6/c1-2-5-16(4-1)23-12-15(13-24-17(14-23)7-11-22-24)6-10-21-18-19-8-3-9-20-18/h3,7-9,11,15-16H,1-2,4-6,10,12-14H2,(H,19,20,21). The lowest BCUT2D eigenvalue weighted by molar-refractivity contribution is 0.163. The summed E-state index contributed by atoms with van der Waals surface area (Å²) in [6.45, 7) is 4.15. The molecule has 6 nitrogen and oxygen atoms in total. The fourth-order valence-corrected chi connectivity index (χ4v) is 4.07. The Kier molecular flexibility index (Phi) is 4.74. The molecule has 0 aromatic carbocycles. The smallest absolute Gasteiger partial charge is 0.222 e. The molecule has 3 heterocycles. The number of hydrogen-bond donors (Lipinski definition) is 1. The Morgan fingerprint density at radius 2 is 1.92 bits per heavy atom. The molecule has 24 heavy (non-hydrogen) atoms. The number of fused-ring (bicyclic) bond motifs is 1. The Hall–Kier alpha value is -1.95. The predicted octanol–water partition coefficient (Wildman–Crippen LogP) is 2.55. The second-order valence-electron chi connectivity index (χ2n) is 7.03. The molecule has 1 saturated carbocycles. The molecular weight excluding hydrogens is 300 g/mol. The van der Waals surface area contributed by atoms with Gasteiger partial charge in [-0.15, -0.1) is 0 Å². The lowest BCUT2D eigenvalue weighted by Gasteiger charge is -2.29. The van der Waals surface area contributed by atoms with Crippen LogP contribution in [0.3, 0.4) is 0 Å². The van der Waals surface area contributed by atoms with Gasteiger partial charge < -0.3 is 5.32 Å². The minimum absolute atomic E-state index is 0.614. The largest absolute Gasteiger partial charge is 0.354 e. The summed E-state index contributed by atoms with van der Waals surface area (Å²) in [6, 6.07) is 4.79. The van der Waals surface area contributed by atoms with Gasteiger partial charge in [0.15, 0.2) is 0 Å². The first-order valence-electron chi connectivity index (χ1n) is 9.14. The van der Waals surface area contributed by atoms with E-state index in [-0.39, 0.29) is 0 Å². The number of nitrogens with zero attached hydrogens (tertiary/aromatic N) is 5. The highest BCUT2D eigenvalue weighted by molar-refractivity contribution is 5.21. The number of nitrogens with one attached hydrogen (secondary N) is 1. The van der Waals surface area contributed by atoms with Crippen LogP contribution in [0.1, 0.15) is 37.8 Å². The van der Waals surface area contributed by atoms with Gasteiger partial charge >= 0.3 is 0 Å². The number of hydrogen-bond acceptors (Lipinski definition) is 5. The van der Waals surface area contributed by atoms with Crippen LogP contribution in [0.4, 0.5) is 5.95 Å². The molecular formula is C18H26N6. The van der Waals surface area contributed by atoms with Crippen molar-refractivity contribution >= 4 is 5.95 Å². The second kappa shape index (κ2) is 7.30. The van der Waals surface area contributed by atoms with Crippen LogP contribution in [-0.4, -0.2) is 43.8 Å². The molecule has 6 heteroatoms. The Balaban J connectivity index is 1.39. The number of anilines is 1. The Morgan fingerprint density at radius 3 is 2.75 bits per heavy atom. The maximum absolute atomic E-state index is 4.54. The van der Waals surface area contributed by atoms with E-state index in [9.17, 15) is 0 Å². The topological polar surface area (TPSA) is 58.9 Å². The van der Waals surface area contributed by atoms with Gasteiger partial charge in [0.05, 0.1) is 5.69 Å². The van der Waals surface area contributed by atoms with Crippen molar-refractivity contribution in [2.24, 2.45) is 5.92 Å². The first-order chi connectivity index (χ1) is 11.9. The van der Waals surface area contributed by atoms with Gasteiger partial charge in [-0.1, -0.05) is 12.8 Å². The summed E-state index contributed by atoms with van der Waals surface area (Å²) in [5.41, 5.74) is 1.36. The second-order valence-corrected chi connectivity index (χ2v) is 7.03. The monoisotopic (exact) mass is 326 g/mol. The van der Waals surface area contributed by atoms with E-state index in [1.54, 1.807) is 12.4 Å². The fraction of sp³-hybridized carbons (Fsp3) is 0.611. The predicted molar refractivity (Wildman–Crippen MR) is 93.5 cm³/mol. The van der Waals surface area contributed by atoms with Crippen molar-refractivity contribution in [2.75, 3.05) is 18.4 Å². The third kappa shape index (κ3) is 3.59. The third-order valence-corrected chi connectivity index (χ3v) is 5.34. The van der Waals surface area contributed by atoms with Crippen molar-refractivity contribution < 1.29 is 0 Å². The molecule has 2 aromatic rings. The minimum atomic E-state index is 0.614. The van der Waals surface area contributed by atoms with Crippen LogP contribution in [0.15, 0.2) is 30.7 Å². The number of aromatic nitrogens is 4. The molecule has 0 saturated heterocycles. The summed E-state index contributed by atoms with van der Waals surface area (Å²) in [7, 11) is 0. The van der Waals surface area contributed by atoms with E-state index < -0.39 is 0 Å². The van der Waals surface area contributed by atoms with Crippen LogP contribution in [-0.2, 0) is 13.1 Å². The Labute approximate surface area is 143 Å². The van der Waals surface area contributed by atoms with Crippen LogP contribution in [0.5, 0.6) is 0 Å². The summed E-state index contributed by atoms with van der Waals surface area (Å²) >= 11 is 0. The minimum Gasteiger partial charge on any atom is -0.354 e. The van der Waals surface area contributed by atoms with Gasteiger partial charge in [0, 0.05) is 50.8 Å². The van der Waals surface area contributed by atoms with Crippen LogP contribution in [0.25, 0.3) is 0 Å². The molecule has 1 fully saturated rings. The van der Waals surface area contributed by atoms with E-state index in [0.29, 0.717) is 5.92 Å². The van der Waals surface area contributed by atoms with Gasteiger partial charge in [0.1, 0.15) is 0 Å². The summed E-state index contributed by atoms with van der Waals surface area (Å²) in [6.07, 6.45) is 12.1.